The van der Waals surface area contributed by atoms with Crippen molar-refractivity contribution in [1.29, 1.82) is 0 Å². The van der Waals surface area contributed by atoms with Gasteiger partial charge in [-0.25, -0.2) is 9.78 Å². The van der Waals surface area contributed by atoms with Gasteiger partial charge in [-0.15, -0.1) is 0 Å². The number of fused-ring (bicyclic) bond motifs is 1. The predicted molar refractivity (Wildman–Crippen MR) is 73.5 cm³/mol. The van der Waals surface area contributed by atoms with Crippen LogP contribution in [-0.2, 0) is 11.2 Å². The summed E-state index contributed by atoms with van der Waals surface area (Å²) in [5, 5.41) is 3.11. The molecule has 0 saturated carbocycles. The molecule has 0 aliphatic carbocycles. The largest absolute Gasteiger partial charge is 0.464 e. The molecule has 19 heavy (non-hydrogen) atoms. The van der Waals surface area contributed by atoms with E-state index in [9.17, 15) is 4.79 Å². The number of esters is 1. The van der Waals surface area contributed by atoms with Crippen LogP contribution in [0, 0.1) is 6.92 Å². The number of carbonyl (C=O) groups is 1. The third-order valence-corrected chi connectivity index (χ3v) is 3.13. The number of aromatic nitrogens is 2. The lowest BCUT2D eigenvalue weighted by Gasteiger charge is -2.04. The maximum absolute atomic E-state index is 11.8. The number of hydrogen-bond acceptors (Lipinski definition) is 4. The summed E-state index contributed by atoms with van der Waals surface area (Å²) in [6.07, 6.45) is 1.80. The summed E-state index contributed by atoms with van der Waals surface area (Å²) in [6, 6.07) is 5.83. The average Bonchev–Trinajstić information content (AvgIpc) is 2.79. The lowest BCUT2D eigenvalue weighted by molar-refractivity contribution is 0.0597. The van der Waals surface area contributed by atoms with Gasteiger partial charge in [0.25, 0.3) is 0 Å². The molecule has 5 nitrogen and oxygen atoms in total. The fourth-order valence-corrected chi connectivity index (χ4v) is 2.22. The molecule has 2 rings (SSSR count). The first-order valence-electron chi connectivity index (χ1n) is 6.39. The zero-order chi connectivity index (χ0) is 13.8. The maximum atomic E-state index is 11.8. The highest BCUT2D eigenvalue weighted by Crippen LogP contribution is 2.17. The Morgan fingerprint density at radius 2 is 2.26 bits per heavy atom. The van der Waals surface area contributed by atoms with Crippen LogP contribution in [-0.4, -0.2) is 36.1 Å². The number of nitrogens with one attached hydrogen (secondary N) is 1. The van der Waals surface area contributed by atoms with Crippen molar-refractivity contribution >= 4 is 11.5 Å². The molecule has 2 aromatic rings. The Morgan fingerprint density at radius 3 is 2.95 bits per heavy atom. The lowest BCUT2D eigenvalue weighted by atomic mass is 10.2. The van der Waals surface area contributed by atoms with E-state index in [4.69, 9.17) is 4.74 Å². The van der Waals surface area contributed by atoms with Crippen LogP contribution < -0.4 is 5.32 Å². The summed E-state index contributed by atoms with van der Waals surface area (Å²) < 4.78 is 6.83. The molecule has 0 bridgehead atoms. The molecule has 0 aliphatic heterocycles. The molecule has 0 atom stereocenters. The van der Waals surface area contributed by atoms with Gasteiger partial charge in [0.1, 0.15) is 5.82 Å². The van der Waals surface area contributed by atoms with E-state index in [-0.39, 0.29) is 5.97 Å². The monoisotopic (exact) mass is 261 g/mol. The molecule has 0 unspecified atom stereocenters. The molecule has 0 aromatic carbocycles. The van der Waals surface area contributed by atoms with Gasteiger partial charge in [0.15, 0.2) is 5.69 Å². The molecule has 0 fully saturated rings. The van der Waals surface area contributed by atoms with Crippen LogP contribution in [0.25, 0.3) is 5.52 Å². The second-order valence-corrected chi connectivity index (χ2v) is 4.46. The van der Waals surface area contributed by atoms with Gasteiger partial charge in [-0.05, 0) is 39.1 Å². The minimum Gasteiger partial charge on any atom is -0.464 e. The summed E-state index contributed by atoms with van der Waals surface area (Å²) in [7, 11) is 3.30. The van der Waals surface area contributed by atoms with Crippen LogP contribution in [0.3, 0.4) is 0 Å². The highest BCUT2D eigenvalue weighted by atomic mass is 16.5. The molecule has 0 saturated heterocycles. The van der Waals surface area contributed by atoms with Crippen molar-refractivity contribution in [3.63, 3.8) is 0 Å². The number of nitrogens with zero attached hydrogens (tertiary/aromatic N) is 2. The van der Waals surface area contributed by atoms with Crippen LogP contribution in [0.15, 0.2) is 18.2 Å². The molecule has 0 amide bonds. The number of imidazole rings is 1. The van der Waals surface area contributed by atoms with Gasteiger partial charge >= 0.3 is 5.97 Å². The van der Waals surface area contributed by atoms with Crippen LogP contribution in [0.4, 0.5) is 0 Å². The molecule has 0 spiro atoms. The average molecular weight is 261 g/mol. The van der Waals surface area contributed by atoms with Crippen molar-refractivity contribution in [2.24, 2.45) is 0 Å². The van der Waals surface area contributed by atoms with Crippen molar-refractivity contribution in [1.82, 2.24) is 14.7 Å². The summed E-state index contributed by atoms with van der Waals surface area (Å²) in [6.45, 7) is 2.94. The van der Waals surface area contributed by atoms with E-state index in [1.54, 1.807) is 0 Å². The second kappa shape index (κ2) is 5.84. The third kappa shape index (κ3) is 2.61. The zero-order valence-corrected chi connectivity index (χ0v) is 11.6. The number of pyridine rings is 1. The Labute approximate surface area is 112 Å². The van der Waals surface area contributed by atoms with Crippen molar-refractivity contribution in [3.05, 3.63) is 35.4 Å². The number of rotatable bonds is 5. The fraction of sp³-hybridized carbons (Fsp3) is 0.429. The molecule has 5 heteroatoms. The Balaban J connectivity index is 2.48. The minimum atomic E-state index is -0.386. The van der Waals surface area contributed by atoms with Gasteiger partial charge in [-0.3, -0.25) is 0 Å². The van der Waals surface area contributed by atoms with Crippen molar-refractivity contribution < 1.29 is 9.53 Å². The number of methoxy groups -OCH3 is 1. The van der Waals surface area contributed by atoms with E-state index in [0.29, 0.717) is 5.69 Å². The van der Waals surface area contributed by atoms with Gasteiger partial charge in [-0.1, -0.05) is 6.07 Å². The second-order valence-electron chi connectivity index (χ2n) is 4.46. The van der Waals surface area contributed by atoms with Gasteiger partial charge < -0.3 is 14.5 Å². The quantitative estimate of drug-likeness (QED) is 0.656. The Hall–Kier alpha value is -1.88. The van der Waals surface area contributed by atoms with Crippen LogP contribution in [0.2, 0.25) is 0 Å². The fourth-order valence-electron chi connectivity index (χ4n) is 2.22. The Kier molecular flexibility index (Phi) is 4.16. The predicted octanol–water partition coefficient (Wildman–Crippen LogP) is 1.58. The van der Waals surface area contributed by atoms with Crippen molar-refractivity contribution in [3.8, 4) is 0 Å². The summed E-state index contributed by atoms with van der Waals surface area (Å²) >= 11 is 0. The van der Waals surface area contributed by atoms with E-state index < -0.39 is 0 Å². The summed E-state index contributed by atoms with van der Waals surface area (Å²) in [5.74, 6) is 0.520. The van der Waals surface area contributed by atoms with Crippen molar-refractivity contribution in [2.75, 3.05) is 20.7 Å². The van der Waals surface area contributed by atoms with E-state index in [1.807, 2.05) is 36.6 Å². The van der Waals surface area contributed by atoms with Gasteiger partial charge in [0.2, 0.25) is 0 Å². The molecular formula is C14H19N3O2. The van der Waals surface area contributed by atoms with Crippen LogP contribution >= 0.6 is 0 Å². The standard InChI is InChI=1S/C14H19N3O2/c1-10-6-4-7-11-13(14(18)19-3)16-12(17(10)11)8-5-9-15-2/h4,6-7,15H,5,8-9H2,1-3H3. The number of carbonyl (C=O) groups excluding carboxylic acids is 1. The SMILES string of the molecule is CNCCCc1nc(C(=O)OC)c2cccc(C)n12. The molecule has 0 radical (unpaired) electrons. The first-order chi connectivity index (χ1) is 9.19. The molecule has 2 heterocycles. The lowest BCUT2D eigenvalue weighted by Crippen LogP contribution is -2.09. The topological polar surface area (TPSA) is 55.6 Å². The maximum Gasteiger partial charge on any atom is 0.358 e. The van der Waals surface area contributed by atoms with Gasteiger partial charge in [0.05, 0.1) is 12.6 Å². The van der Waals surface area contributed by atoms with Gasteiger partial charge in [-0.2, -0.15) is 0 Å². The zero-order valence-electron chi connectivity index (χ0n) is 11.6. The number of hydrogen-bond donors (Lipinski definition) is 1. The smallest absolute Gasteiger partial charge is 0.358 e. The van der Waals surface area contributed by atoms with E-state index in [1.165, 1.54) is 7.11 Å². The minimum absolute atomic E-state index is 0.386. The normalized spacial score (nSPS) is 10.9. The van der Waals surface area contributed by atoms with Crippen LogP contribution in [0.5, 0.6) is 0 Å². The molecule has 0 aliphatic rings. The van der Waals surface area contributed by atoms with E-state index >= 15 is 0 Å². The molecule has 1 N–H and O–H groups in total. The first kappa shape index (κ1) is 13.5. The number of aryl methyl sites for hydroxylation is 2. The molecule has 102 valence electrons. The Bertz CT molecular complexity index is 590. The molecular weight excluding hydrogens is 242 g/mol. The Morgan fingerprint density at radius 1 is 1.47 bits per heavy atom. The number of ether oxygens (including phenoxy) is 1. The highest BCUT2D eigenvalue weighted by Gasteiger charge is 2.18. The van der Waals surface area contributed by atoms with Crippen LogP contribution in [0.1, 0.15) is 28.4 Å². The highest BCUT2D eigenvalue weighted by molar-refractivity contribution is 5.95. The van der Waals surface area contributed by atoms with E-state index in [2.05, 4.69) is 10.3 Å². The van der Waals surface area contributed by atoms with Crippen molar-refractivity contribution in [2.45, 2.75) is 19.8 Å². The summed E-state index contributed by atoms with van der Waals surface area (Å²) in [4.78, 5) is 16.2. The van der Waals surface area contributed by atoms with E-state index in [0.717, 1.165) is 36.4 Å². The third-order valence-electron chi connectivity index (χ3n) is 3.13. The molecule has 2 aromatic heterocycles. The summed E-state index contributed by atoms with van der Waals surface area (Å²) in [5.41, 5.74) is 2.27. The first-order valence-corrected chi connectivity index (χ1v) is 6.39. The van der Waals surface area contributed by atoms with Gasteiger partial charge in [0, 0.05) is 12.1 Å².